The van der Waals surface area contributed by atoms with E-state index in [1.807, 2.05) is 4.90 Å². The van der Waals surface area contributed by atoms with Crippen molar-refractivity contribution >= 4 is 5.82 Å². The van der Waals surface area contributed by atoms with Crippen molar-refractivity contribution < 1.29 is 8.78 Å². The molecule has 1 aromatic rings. The number of anilines is 1. The van der Waals surface area contributed by atoms with Crippen LogP contribution in [0.15, 0.2) is 12.3 Å². The highest BCUT2D eigenvalue weighted by Crippen LogP contribution is 2.18. The monoisotopic (exact) mass is 227 g/mol. The summed E-state index contributed by atoms with van der Waals surface area (Å²) < 4.78 is 26.2. The van der Waals surface area contributed by atoms with Gasteiger partial charge in [-0.05, 0) is 6.42 Å². The molecular formula is C11H15F2N3. The van der Waals surface area contributed by atoms with Crippen molar-refractivity contribution in [2.75, 3.05) is 24.5 Å². The Kier molecular flexibility index (Phi) is 3.33. The topological polar surface area (TPSA) is 28.2 Å². The lowest BCUT2D eigenvalue weighted by atomic mass is 10.1. The van der Waals surface area contributed by atoms with Crippen LogP contribution in [0.3, 0.4) is 0 Å². The first-order chi connectivity index (χ1) is 7.70. The Morgan fingerprint density at radius 2 is 2.38 bits per heavy atom. The Hall–Kier alpha value is -1.23. The van der Waals surface area contributed by atoms with E-state index in [4.69, 9.17) is 0 Å². The van der Waals surface area contributed by atoms with E-state index in [0.717, 1.165) is 25.2 Å². The molecule has 88 valence electrons. The molecule has 16 heavy (non-hydrogen) atoms. The van der Waals surface area contributed by atoms with Gasteiger partial charge >= 0.3 is 0 Å². The van der Waals surface area contributed by atoms with Gasteiger partial charge in [-0.1, -0.05) is 6.92 Å². The van der Waals surface area contributed by atoms with Crippen molar-refractivity contribution in [2.45, 2.75) is 19.4 Å². The zero-order valence-corrected chi connectivity index (χ0v) is 9.21. The molecule has 1 saturated heterocycles. The van der Waals surface area contributed by atoms with Crippen molar-refractivity contribution in [1.29, 1.82) is 0 Å². The summed E-state index contributed by atoms with van der Waals surface area (Å²) >= 11 is 0. The number of piperazine rings is 1. The van der Waals surface area contributed by atoms with Gasteiger partial charge in [0.2, 0.25) is 0 Å². The molecule has 5 heteroatoms. The fraction of sp³-hybridized carbons (Fsp3) is 0.545. The number of pyridine rings is 1. The molecule has 3 nitrogen and oxygen atoms in total. The fourth-order valence-corrected chi connectivity index (χ4v) is 1.93. The predicted octanol–water partition coefficient (Wildman–Crippen LogP) is 1.55. The van der Waals surface area contributed by atoms with Crippen LogP contribution in [0.2, 0.25) is 0 Å². The minimum Gasteiger partial charge on any atom is -0.351 e. The summed E-state index contributed by atoms with van der Waals surface area (Å²) in [6.45, 7) is 4.30. The summed E-state index contributed by atoms with van der Waals surface area (Å²) in [6, 6.07) is 1.23. The van der Waals surface area contributed by atoms with Crippen LogP contribution < -0.4 is 10.2 Å². The highest BCUT2D eigenvalue weighted by Gasteiger charge is 2.21. The van der Waals surface area contributed by atoms with Crippen LogP contribution in [0, 0.1) is 11.6 Å². The highest BCUT2D eigenvalue weighted by atomic mass is 19.1. The first-order valence-electron chi connectivity index (χ1n) is 5.50. The summed E-state index contributed by atoms with van der Waals surface area (Å²) in [7, 11) is 0. The molecule has 0 unspecified atom stereocenters. The Labute approximate surface area is 93.5 Å². The summed E-state index contributed by atoms with van der Waals surface area (Å²) in [5.41, 5.74) is 0. The summed E-state index contributed by atoms with van der Waals surface area (Å²) in [4.78, 5) is 5.68. The first-order valence-corrected chi connectivity index (χ1v) is 5.50. The number of nitrogens with one attached hydrogen (secondary N) is 1. The maximum atomic E-state index is 13.5. The molecule has 2 heterocycles. The SMILES string of the molecule is CC[C@@H]1CN(c2ncc(F)cc2F)CCN1. The molecule has 0 aromatic carbocycles. The van der Waals surface area contributed by atoms with E-state index in [0.29, 0.717) is 19.1 Å². The van der Waals surface area contributed by atoms with Crippen LogP contribution in [0.1, 0.15) is 13.3 Å². The molecule has 1 aromatic heterocycles. The third-order valence-electron chi connectivity index (χ3n) is 2.84. The van der Waals surface area contributed by atoms with Crippen LogP contribution >= 0.6 is 0 Å². The van der Waals surface area contributed by atoms with E-state index in [1.165, 1.54) is 0 Å². The normalized spacial score (nSPS) is 21.2. The smallest absolute Gasteiger partial charge is 0.168 e. The van der Waals surface area contributed by atoms with E-state index in [9.17, 15) is 8.78 Å². The maximum Gasteiger partial charge on any atom is 0.168 e. The van der Waals surface area contributed by atoms with E-state index in [2.05, 4.69) is 17.2 Å². The molecule has 1 N–H and O–H groups in total. The lowest BCUT2D eigenvalue weighted by molar-refractivity contribution is 0.439. The van der Waals surface area contributed by atoms with Gasteiger partial charge in [-0.2, -0.15) is 0 Å². The standard InChI is InChI=1S/C11H15F2N3/c1-2-9-7-16(4-3-14-9)11-10(13)5-8(12)6-15-11/h5-6,9,14H,2-4,7H2,1H3/t9-/m1/s1. The third-order valence-corrected chi connectivity index (χ3v) is 2.84. The number of aromatic nitrogens is 1. The summed E-state index contributed by atoms with van der Waals surface area (Å²) in [6.07, 6.45) is 2.04. The van der Waals surface area contributed by atoms with Gasteiger partial charge in [0.1, 0.15) is 5.82 Å². The fourth-order valence-electron chi connectivity index (χ4n) is 1.93. The number of hydrogen-bond donors (Lipinski definition) is 1. The molecule has 1 aliphatic rings. The van der Waals surface area contributed by atoms with E-state index in [-0.39, 0.29) is 5.82 Å². The lowest BCUT2D eigenvalue weighted by Crippen LogP contribution is -2.51. The zero-order valence-electron chi connectivity index (χ0n) is 9.21. The first kappa shape index (κ1) is 11.3. The minimum absolute atomic E-state index is 0.251. The van der Waals surface area contributed by atoms with Crippen LogP contribution in [0.25, 0.3) is 0 Å². The van der Waals surface area contributed by atoms with Crippen LogP contribution in [0.5, 0.6) is 0 Å². The van der Waals surface area contributed by atoms with Gasteiger partial charge in [-0.25, -0.2) is 13.8 Å². The maximum absolute atomic E-state index is 13.5. The van der Waals surface area contributed by atoms with Crippen molar-refractivity contribution in [3.8, 4) is 0 Å². The summed E-state index contributed by atoms with van der Waals surface area (Å²) in [5.74, 6) is -0.971. The minimum atomic E-state index is -0.636. The Balaban J connectivity index is 2.16. The number of halogens is 2. The second-order valence-corrected chi connectivity index (χ2v) is 3.96. The molecular weight excluding hydrogens is 212 g/mol. The molecule has 1 atom stereocenters. The van der Waals surface area contributed by atoms with E-state index >= 15 is 0 Å². The average molecular weight is 227 g/mol. The van der Waals surface area contributed by atoms with Gasteiger partial charge in [0.25, 0.3) is 0 Å². The molecule has 0 aliphatic carbocycles. The van der Waals surface area contributed by atoms with Gasteiger partial charge in [0.05, 0.1) is 6.20 Å². The third kappa shape index (κ3) is 2.29. The van der Waals surface area contributed by atoms with Crippen molar-refractivity contribution in [3.63, 3.8) is 0 Å². The molecule has 0 saturated carbocycles. The number of nitrogens with zero attached hydrogens (tertiary/aromatic N) is 2. The second kappa shape index (κ2) is 4.74. The molecule has 2 rings (SSSR count). The van der Waals surface area contributed by atoms with Gasteiger partial charge in [-0.15, -0.1) is 0 Å². The molecule has 1 aliphatic heterocycles. The average Bonchev–Trinajstić information content (AvgIpc) is 2.29. The molecule has 0 radical (unpaired) electrons. The van der Waals surface area contributed by atoms with Crippen molar-refractivity contribution in [1.82, 2.24) is 10.3 Å². The highest BCUT2D eigenvalue weighted by molar-refractivity contribution is 5.40. The van der Waals surface area contributed by atoms with Gasteiger partial charge < -0.3 is 10.2 Å². The largest absolute Gasteiger partial charge is 0.351 e. The van der Waals surface area contributed by atoms with E-state index in [1.54, 1.807) is 0 Å². The molecule has 0 spiro atoms. The quantitative estimate of drug-likeness (QED) is 0.830. The predicted molar refractivity (Wildman–Crippen MR) is 58.4 cm³/mol. The lowest BCUT2D eigenvalue weighted by Gasteiger charge is -2.34. The van der Waals surface area contributed by atoms with E-state index < -0.39 is 11.6 Å². The molecule has 1 fully saturated rings. The van der Waals surface area contributed by atoms with Crippen molar-refractivity contribution in [2.24, 2.45) is 0 Å². The Morgan fingerprint density at radius 1 is 1.56 bits per heavy atom. The second-order valence-electron chi connectivity index (χ2n) is 3.96. The number of rotatable bonds is 2. The van der Waals surface area contributed by atoms with Gasteiger partial charge in [-0.3, -0.25) is 0 Å². The Morgan fingerprint density at radius 3 is 3.06 bits per heavy atom. The zero-order chi connectivity index (χ0) is 11.5. The molecule has 0 bridgehead atoms. The van der Waals surface area contributed by atoms with Crippen molar-refractivity contribution in [3.05, 3.63) is 23.9 Å². The molecule has 0 amide bonds. The number of hydrogen-bond acceptors (Lipinski definition) is 3. The van der Waals surface area contributed by atoms with Crippen LogP contribution in [-0.4, -0.2) is 30.7 Å². The van der Waals surface area contributed by atoms with Gasteiger partial charge in [0, 0.05) is 31.7 Å². The van der Waals surface area contributed by atoms with Crippen LogP contribution in [-0.2, 0) is 0 Å². The van der Waals surface area contributed by atoms with Gasteiger partial charge in [0.15, 0.2) is 11.6 Å². The summed E-state index contributed by atoms with van der Waals surface area (Å²) in [5, 5.41) is 3.33. The van der Waals surface area contributed by atoms with Crippen LogP contribution in [0.4, 0.5) is 14.6 Å². The Bertz CT molecular complexity index is 370.